The molecule has 0 saturated carbocycles. The zero-order valence-corrected chi connectivity index (χ0v) is 14.7. The molecule has 0 bridgehead atoms. The van der Waals surface area contributed by atoms with Gasteiger partial charge in [-0.3, -0.25) is 9.59 Å². The lowest BCUT2D eigenvalue weighted by molar-refractivity contribution is -0.111. The maximum atomic E-state index is 12.1. The molecule has 0 saturated heterocycles. The van der Waals surface area contributed by atoms with Crippen LogP contribution in [-0.2, 0) is 4.79 Å². The minimum Gasteiger partial charge on any atom is -0.492 e. The van der Waals surface area contributed by atoms with Gasteiger partial charge in [0.1, 0.15) is 5.75 Å². The Labute approximate surface area is 145 Å². The van der Waals surface area contributed by atoms with Crippen LogP contribution in [0.4, 0.5) is 5.69 Å². The van der Waals surface area contributed by atoms with Gasteiger partial charge in [0.2, 0.25) is 5.91 Å². The fourth-order valence-electron chi connectivity index (χ4n) is 2.02. The third kappa shape index (κ3) is 4.70. The summed E-state index contributed by atoms with van der Waals surface area (Å²) in [4.78, 5) is 26.7. The molecule has 6 heteroatoms. The van der Waals surface area contributed by atoms with E-state index in [9.17, 15) is 9.59 Å². The summed E-state index contributed by atoms with van der Waals surface area (Å²) in [5.74, 6) is 0.118. The first-order chi connectivity index (χ1) is 11.5. The number of thiophene rings is 1. The molecule has 2 aromatic rings. The van der Waals surface area contributed by atoms with E-state index in [1.807, 2.05) is 24.4 Å². The first kappa shape index (κ1) is 17.7. The minimum absolute atomic E-state index is 0.136. The van der Waals surface area contributed by atoms with Gasteiger partial charge in [-0.1, -0.05) is 6.07 Å². The van der Waals surface area contributed by atoms with E-state index >= 15 is 0 Å². The van der Waals surface area contributed by atoms with Gasteiger partial charge in [-0.2, -0.15) is 0 Å². The molecule has 1 heterocycles. The number of benzene rings is 1. The molecule has 5 nitrogen and oxygen atoms in total. The molecule has 0 aliphatic carbocycles. The standard InChI is InChI=1S/C18H20N2O3S/c1-4-23-16-9-7-13(18(22)20(2)3)12-15(16)19-17(21)10-8-14-6-5-11-24-14/h5-12H,4H2,1-3H3,(H,19,21). The van der Waals surface area contributed by atoms with Crippen LogP contribution >= 0.6 is 11.3 Å². The molecule has 0 aliphatic rings. The first-order valence-electron chi connectivity index (χ1n) is 7.52. The SMILES string of the molecule is CCOc1ccc(C(=O)N(C)C)cc1NC(=O)C=Cc1cccs1. The fraction of sp³-hybridized carbons (Fsp3) is 0.222. The van der Waals surface area contributed by atoms with Crippen LogP contribution < -0.4 is 10.1 Å². The smallest absolute Gasteiger partial charge is 0.253 e. The molecule has 0 spiro atoms. The number of hydrogen-bond donors (Lipinski definition) is 1. The topological polar surface area (TPSA) is 58.6 Å². The Kier molecular flexibility index (Phi) is 6.14. The van der Waals surface area contributed by atoms with E-state index in [4.69, 9.17) is 4.74 Å². The summed E-state index contributed by atoms with van der Waals surface area (Å²) in [5, 5.41) is 4.72. The number of rotatable bonds is 6. The van der Waals surface area contributed by atoms with Crippen LogP contribution in [0.1, 0.15) is 22.2 Å². The van der Waals surface area contributed by atoms with Gasteiger partial charge in [0.25, 0.3) is 5.91 Å². The van der Waals surface area contributed by atoms with E-state index in [-0.39, 0.29) is 11.8 Å². The van der Waals surface area contributed by atoms with E-state index in [0.717, 1.165) is 4.88 Å². The summed E-state index contributed by atoms with van der Waals surface area (Å²) in [6.07, 6.45) is 3.21. The average Bonchev–Trinajstić information content (AvgIpc) is 3.07. The number of carbonyl (C=O) groups excluding carboxylic acids is 2. The average molecular weight is 344 g/mol. The number of amides is 2. The van der Waals surface area contributed by atoms with Crippen molar-refractivity contribution >= 4 is 34.9 Å². The molecule has 1 aromatic carbocycles. The monoisotopic (exact) mass is 344 g/mol. The second-order valence-corrected chi connectivity index (χ2v) is 6.16. The number of carbonyl (C=O) groups is 2. The predicted molar refractivity (Wildman–Crippen MR) is 97.6 cm³/mol. The van der Waals surface area contributed by atoms with E-state index in [1.165, 1.54) is 11.0 Å². The number of nitrogens with one attached hydrogen (secondary N) is 1. The van der Waals surface area contributed by atoms with Gasteiger partial charge < -0.3 is 15.0 Å². The van der Waals surface area contributed by atoms with E-state index in [0.29, 0.717) is 23.6 Å². The summed E-state index contributed by atoms with van der Waals surface area (Å²) >= 11 is 1.55. The van der Waals surface area contributed by atoms with Crippen LogP contribution in [0.25, 0.3) is 6.08 Å². The molecular weight excluding hydrogens is 324 g/mol. The van der Waals surface area contributed by atoms with Crippen molar-refractivity contribution in [3.05, 3.63) is 52.2 Å². The molecule has 1 aromatic heterocycles. The molecule has 2 amide bonds. The van der Waals surface area contributed by atoms with Gasteiger partial charge in [-0.25, -0.2) is 0 Å². The van der Waals surface area contributed by atoms with E-state index in [2.05, 4.69) is 5.32 Å². The lowest BCUT2D eigenvalue weighted by Crippen LogP contribution is -2.22. The Morgan fingerprint density at radius 2 is 2.08 bits per heavy atom. The van der Waals surface area contributed by atoms with Crippen LogP contribution in [0.3, 0.4) is 0 Å². The van der Waals surface area contributed by atoms with E-state index < -0.39 is 0 Å². The zero-order chi connectivity index (χ0) is 17.5. The number of nitrogens with zero attached hydrogens (tertiary/aromatic N) is 1. The predicted octanol–water partition coefficient (Wildman–Crippen LogP) is 3.50. The van der Waals surface area contributed by atoms with Crippen molar-refractivity contribution in [3.63, 3.8) is 0 Å². The van der Waals surface area contributed by atoms with Crippen molar-refractivity contribution in [3.8, 4) is 5.75 Å². The van der Waals surface area contributed by atoms with Crippen LogP contribution in [0.2, 0.25) is 0 Å². The summed E-state index contributed by atoms with van der Waals surface area (Å²) in [5.41, 5.74) is 0.964. The lowest BCUT2D eigenvalue weighted by Gasteiger charge is -2.14. The van der Waals surface area contributed by atoms with Gasteiger partial charge in [-0.05, 0) is 42.6 Å². The second-order valence-electron chi connectivity index (χ2n) is 5.18. The summed E-state index contributed by atoms with van der Waals surface area (Å²) in [7, 11) is 3.36. The molecule has 0 atom stereocenters. The molecule has 1 N–H and O–H groups in total. The molecule has 0 fully saturated rings. The van der Waals surface area contributed by atoms with Gasteiger partial charge >= 0.3 is 0 Å². The number of ether oxygens (including phenoxy) is 1. The Morgan fingerprint density at radius 3 is 2.71 bits per heavy atom. The summed E-state index contributed by atoms with van der Waals surface area (Å²) in [6.45, 7) is 2.33. The molecule has 0 unspecified atom stereocenters. The second kappa shape index (κ2) is 8.31. The fourth-order valence-corrected chi connectivity index (χ4v) is 2.64. The maximum absolute atomic E-state index is 12.1. The molecule has 0 aliphatic heterocycles. The Balaban J connectivity index is 2.20. The number of hydrogen-bond acceptors (Lipinski definition) is 4. The zero-order valence-electron chi connectivity index (χ0n) is 13.9. The Bertz CT molecular complexity index is 737. The van der Waals surface area contributed by atoms with Crippen molar-refractivity contribution in [2.24, 2.45) is 0 Å². The first-order valence-corrected chi connectivity index (χ1v) is 8.40. The Hall–Kier alpha value is -2.60. The minimum atomic E-state index is -0.279. The highest BCUT2D eigenvalue weighted by Gasteiger charge is 2.13. The van der Waals surface area contributed by atoms with Crippen molar-refractivity contribution in [2.45, 2.75) is 6.92 Å². The molecule has 2 rings (SSSR count). The molecule has 0 radical (unpaired) electrons. The van der Waals surface area contributed by atoms with Crippen molar-refractivity contribution < 1.29 is 14.3 Å². The largest absolute Gasteiger partial charge is 0.492 e. The van der Waals surface area contributed by atoms with Crippen LogP contribution in [0.5, 0.6) is 5.75 Å². The van der Waals surface area contributed by atoms with Crippen LogP contribution in [0.15, 0.2) is 41.8 Å². The van der Waals surface area contributed by atoms with Crippen LogP contribution in [0, 0.1) is 0 Å². The third-order valence-electron chi connectivity index (χ3n) is 3.13. The highest BCUT2D eigenvalue weighted by Crippen LogP contribution is 2.26. The quantitative estimate of drug-likeness (QED) is 0.816. The van der Waals surface area contributed by atoms with E-state index in [1.54, 1.807) is 49.7 Å². The normalized spacial score (nSPS) is 10.6. The summed E-state index contributed by atoms with van der Waals surface area (Å²) < 4.78 is 5.52. The van der Waals surface area contributed by atoms with Gasteiger partial charge in [0.05, 0.1) is 12.3 Å². The maximum Gasteiger partial charge on any atom is 0.253 e. The van der Waals surface area contributed by atoms with Crippen molar-refractivity contribution in [1.29, 1.82) is 0 Å². The van der Waals surface area contributed by atoms with Gasteiger partial charge in [0.15, 0.2) is 0 Å². The summed E-state index contributed by atoms with van der Waals surface area (Å²) in [6, 6.07) is 8.86. The lowest BCUT2D eigenvalue weighted by atomic mass is 10.1. The molecule has 126 valence electrons. The van der Waals surface area contributed by atoms with Crippen LogP contribution in [-0.4, -0.2) is 37.4 Å². The van der Waals surface area contributed by atoms with Crippen molar-refractivity contribution in [2.75, 3.05) is 26.0 Å². The van der Waals surface area contributed by atoms with Gasteiger partial charge in [0, 0.05) is 30.6 Å². The highest BCUT2D eigenvalue weighted by atomic mass is 32.1. The van der Waals surface area contributed by atoms with Crippen molar-refractivity contribution in [1.82, 2.24) is 4.90 Å². The van der Waals surface area contributed by atoms with Gasteiger partial charge in [-0.15, -0.1) is 11.3 Å². The number of anilines is 1. The third-order valence-corrected chi connectivity index (χ3v) is 3.97. The molecule has 24 heavy (non-hydrogen) atoms. The Morgan fingerprint density at radius 1 is 1.29 bits per heavy atom. The molecular formula is C18H20N2O3S. The highest BCUT2D eigenvalue weighted by molar-refractivity contribution is 7.10.